The highest BCUT2D eigenvalue weighted by Crippen LogP contribution is 2.51. The first-order valence-corrected chi connectivity index (χ1v) is 7.49. The highest BCUT2D eigenvalue weighted by molar-refractivity contribution is 7.71. The number of H-pyrrole nitrogens is 1. The third kappa shape index (κ3) is 2.52. The van der Waals surface area contributed by atoms with E-state index < -0.39 is 0 Å². The lowest BCUT2D eigenvalue weighted by molar-refractivity contribution is 0.388. The molecule has 3 heteroatoms. The fourth-order valence-corrected chi connectivity index (χ4v) is 3.15. The number of nitrogens with one attached hydrogen (secondary N) is 1. The SMILES string of the molecule is CCCC1(Cn2c(-c3ccccc3)c[nH]c2=S)CC1. The van der Waals surface area contributed by atoms with Crippen LogP contribution in [0.25, 0.3) is 11.3 Å². The Labute approximate surface area is 119 Å². The lowest BCUT2D eigenvalue weighted by Gasteiger charge is -2.17. The first-order chi connectivity index (χ1) is 9.24. The Bertz CT molecular complexity index is 605. The zero-order valence-electron chi connectivity index (χ0n) is 11.4. The smallest absolute Gasteiger partial charge is 0.177 e. The van der Waals surface area contributed by atoms with Gasteiger partial charge in [0.15, 0.2) is 4.77 Å². The van der Waals surface area contributed by atoms with Gasteiger partial charge in [-0.15, -0.1) is 0 Å². The minimum absolute atomic E-state index is 0.513. The van der Waals surface area contributed by atoms with Crippen LogP contribution in [0.2, 0.25) is 0 Å². The van der Waals surface area contributed by atoms with E-state index in [-0.39, 0.29) is 0 Å². The van der Waals surface area contributed by atoms with Gasteiger partial charge >= 0.3 is 0 Å². The number of hydrogen-bond donors (Lipinski definition) is 1. The summed E-state index contributed by atoms with van der Waals surface area (Å²) in [6, 6.07) is 10.5. The maximum atomic E-state index is 5.46. The third-order valence-electron chi connectivity index (χ3n) is 4.17. The van der Waals surface area contributed by atoms with E-state index in [0.717, 1.165) is 11.3 Å². The Balaban J connectivity index is 1.94. The molecule has 2 aromatic rings. The molecule has 1 aromatic carbocycles. The summed E-state index contributed by atoms with van der Waals surface area (Å²) in [5.74, 6) is 0. The summed E-state index contributed by atoms with van der Waals surface area (Å²) >= 11 is 5.46. The van der Waals surface area contributed by atoms with Gasteiger partial charge in [0.25, 0.3) is 0 Å². The molecule has 1 aliphatic rings. The van der Waals surface area contributed by atoms with Crippen LogP contribution in [0.4, 0.5) is 0 Å². The van der Waals surface area contributed by atoms with E-state index in [1.165, 1.54) is 36.9 Å². The molecule has 100 valence electrons. The standard InChI is InChI=1S/C16H20N2S/c1-2-8-16(9-10-16)12-18-14(11-17-15(18)19)13-6-4-3-5-7-13/h3-7,11H,2,8-10,12H2,1H3,(H,17,19). The quantitative estimate of drug-likeness (QED) is 0.776. The van der Waals surface area contributed by atoms with Crippen molar-refractivity contribution in [3.63, 3.8) is 0 Å². The van der Waals surface area contributed by atoms with Crippen molar-refractivity contribution in [1.82, 2.24) is 9.55 Å². The molecular weight excluding hydrogens is 252 g/mol. The molecule has 1 aliphatic carbocycles. The summed E-state index contributed by atoms with van der Waals surface area (Å²) in [5, 5.41) is 0. The molecule has 1 N–H and O–H groups in total. The van der Waals surface area contributed by atoms with E-state index in [1.807, 2.05) is 6.20 Å². The first-order valence-electron chi connectivity index (χ1n) is 7.08. The molecule has 0 saturated heterocycles. The van der Waals surface area contributed by atoms with Gasteiger partial charge in [0.2, 0.25) is 0 Å². The van der Waals surface area contributed by atoms with Crippen molar-refractivity contribution < 1.29 is 0 Å². The maximum absolute atomic E-state index is 5.46. The molecule has 1 fully saturated rings. The zero-order chi connectivity index (χ0) is 13.3. The Morgan fingerprint density at radius 2 is 2.00 bits per heavy atom. The fraction of sp³-hybridized carbons (Fsp3) is 0.438. The van der Waals surface area contributed by atoms with Gasteiger partial charge in [-0.3, -0.25) is 0 Å². The number of aromatic nitrogens is 2. The van der Waals surface area contributed by atoms with E-state index in [1.54, 1.807) is 0 Å². The van der Waals surface area contributed by atoms with E-state index in [9.17, 15) is 0 Å². The van der Waals surface area contributed by atoms with Crippen LogP contribution in [-0.4, -0.2) is 9.55 Å². The third-order valence-corrected chi connectivity index (χ3v) is 4.51. The fourth-order valence-electron chi connectivity index (χ4n) is 2.93. The minimum Gasteiger partial charge on any atom is -0.337 e. The summed E-state index contributed by atoms with van der Waals surface area (Å²) in [5.41, 5.74) is 2.97. The molecule has 1 heterocycles. The maximum Gasteiger partial charge on any atom is 0.177 e. The van der Waals surface area contributed by atoms with E-state index in [4.69, 9.17) is 12.2 Å². The van der Waals surface area contributed by atoms with Gasteiger partial charge < -0.3 is 9.55 Å². The van der Waals surface area contributed by atoms with E-state index >= 15 is 0 Å². The minimum atomic E-state index is 0.513. The van der Waals surface area contributed by atoms with E-state index in [0.29, 0.717) is 5.41 Å². The van der Waals surface area contributed by atoms with Crippen LogP contribution in [-0.2, 0) is 6.54 Å². The van der Waals surface area contributed by atoms with Crippen molar-refractivity contribution in [3.05, 3.63) is 41.3 Å². The van der Waals surface area contributed by atoms with Gasteiger partial charge in [-0.25, -0.2) is 0 Å². The lowest BCUT2D eigenvalue weighted by Crippen LogP contribution is -2.12. The predicted molar refractivity (Wildman–Crippen MR) is 81.6 cm³/mol. The molecule has 0 unspecified atom stereocenters. The van der Waals surface area contributed by atoms with Crippen LogP contribution in [0.3, 0.4) is 0 Å². The summed E-state index contributed by atoms with van der Waals surface area (Å²) in [7, 11) is 0. The topological polar surface area (TPSA) is 20.7 Å². The molecule has 0 radical (unpaired) electrons. The molecule has 19 heavy (non-hydrogen) atoms. The number of benzene rings is 1. The average molecular weight is 272 g/mol. The van der Waals surface area contributed by atoms with Crippen molar-refractivity contribution in [1.29, 1.82) is 0 Å². The number of hydrogen-bond acceptors (Lipinski definition) is 1. The summed E-state index contributed by atoms with van der Waals surface area (Å²) in [4.78, 5) is 3.21. The van der Waals surface area contributed by atoms with Crippen LogP contribution in [0, 0.1) is 10.2 Å². The Kier molecular flexibility index (Phi) is 3.31. The van der Waals surface area contributed by atoms with Gasteiger partial charge in [0.05, 0.1) is 5.69 Å². The average Bonchev–Trinajstić information content (AvgIpc) is 3.09. The summed E-state index contributed by atoms with van der Waals surface area (Å²) in [6.45, 7) is 3.34. The van der Waals surface area contributed by atoms with Gasteiger partial charge in [-0.2, -0.15) is 0 Å². The number of nitrogens with zero attached hydrogens (tertiary/aromatic N) is 1. The molecule has 0 spiro atoms. The second-order valence-corrected chi connectivity index (χ2v) is 6.07. The highest BCUT2D eigenvalue weighted by Gasteiger charge is 2.42. The molecule has 3 rings (SSSR count). The first kappa shape index (κ1) is 12.7. The largest absolute Gasteiger partial charge is 0.337 e. The second-order valence-electron chi connectivity index (χ2n) is 5.68. The lowest BCUT2D eigenvalue weighted by atomic mass is 10.0. The normalized spacial score (nSPS) is 16.5. The van der Waals surface area contributed by atoms with Gasteiger partial charge in [-0.05, 0) is 42.5 Å². The number of aromatic amines is 1. The van der Waals surface area contributed by atoms with Crippen molar-refractivity contribution in [2.75, 3.05) is 0 Å². The molecule has 0 bridgehead atoms. The molecule has 2 nitrogen and oxygen atoms in total. The van der Waals surface area contributed by atoms with Gasteiger partial charge in [-0.1, -0.05) is 43.7 Å². The Morgan fingerprint density at radius 1 is 1.26 bits per heavy atom. The Hall–Kier alpha value is -1.35. The van der Waals surface area contributed by atoms with Crippen LogP contribution in [0.5, 0.6) is 0 Å². The molecule has 0 atom stereocenters. The molecule has 0 aliphatic heterocycles. The van der Waals surface area contributed by atoms with Crippen molar-refractivity contribution in [3.8, 4) is 11.3 Å². The van der Waals surface area contributed by atoms with Crippen LogP contribution < -0.4 is 0 Å². The zero-order valence-corrected chi connectivity index (χ0v) is 12.2. The van der Waals surface area contributed by atoms with Crippen LogP contribution >= 0.6 is 12.2 Å². The van der Waals surface area contributed by atoms with Gasteiger partial charge in [0, 0.05) is 12.7 Å². The van der Waals surface area contributed by atoms with E-state index in [2.05, 4.69) is 46.8 Å². The molecule has 1 saturated carbocycles. The number of rotatable bonds is 5. The van der Waals surface area contributed by atoms with Crippen LogP contribution in [0.1, 0.15) is 32.6 Å². The molecular formula is C16H20N2S. The summed E-state index contributed by atoms with van der Waals surface area (Å²) < 4.78 is 3.13. The van der Waals surface area contributed by atoms with Gasteiger partial charge in [0.1, 0.15) is 0 Å². The number of imidazole rings is 1. The monoisotopic (exact) mass is 272 g/mol. The Morgan fingerprint density at radius 3 is 2.63 bits per heavy atom. The highest BCUT2D eigenvalue weighted by atomic mass is 32.1. The predicted octanol–water partition coefficient (Wildman–Crippen LogP) is 4.79. The second kappa shape index (κ2) is 4.97. The van der Waals surface area contributed by atoms with Crippen LogP contribution in [0.15, 0.2) is 36.5 Å². The van der Waals surface area contributed by atoms with Crippen molar-refractivity contribution in [2.45, 2.75) is 39.2 Å². The van der Waals surface area contributed by atoms with Crippen molar-refractivity contribution >= 4 is 12.2 Å². The van der Waals surface area contributed by atoms with Crippen molar-refractivity contribution in [2.24, 2.45) is 5.41 Å². The molecule has 1 aromatic heterocycles. The summed E-state index contributed by atoms with van der Waals surface area (Å²) in [6.07, 6.45) is 7.32. The molecule has 0 amide bonds.